The number of aliphatic hydroxyl groups is 2. The number of hydrogen-bond acceptors (Lipinski definition) is 4. The quantitative estimate of drug-likeness (QED) is 0.622. The van der Waals surface area contributed by atoms with Gasteiger partial charge in [0.2, 0.25) is 0 Å². The topological polar surface area (TPSA) is 86.8 Å². The predicted molar refractivity (Wildman–Crippen MR) is 63.8 cm³/mol. The number of carbonyl (C=O) groups excluding carboxylic acids is 1. The van der Waals surface area contributed by atoms with Crippen LogP contribution in [0.3, 0.4) is 0 Å². The number of aliphatic hydroxyl groups excluding tert-OH is 2. The fourth-order valence-corrected chi connectivity index (χ4v) is 2.03. The molecule has 1 fully saturated rings. The van der Waals surface area contributed by atoms with Crippen LogP contribution in [0.25, 0.3) is 0 Å². The summed E-state index contributed by atoms with van der Waals surface area (Å²) in [7, 11) is 0. The van der Waals surface area contributed by atoms with Crippen LogP contribution in [0, 0.1) is 0 Å². The van der Waals surface area contributed by atoms with Crippen molar-refractivity contribution < 1.29 is 15.0 Å². The van der Waals surface area contributed by atoms with E-state index in [0.717, 1.165) is 0 Å². The minimum absolute atomic E-state index is 0.102. The second-order valence-electron chi connectivity index (χ2n) is 4.05. The summed E-state index contributed by atoms with van der Waals surface area (Å²) in [6.07, 6.45) is -1.81. The molecule has 6 heteroatoms. The van der Waals surface area contributed by atoms with E-state index in [-0.39, 0.29) is 29.6 Å². The first kappa shape index (κ1) is 12.2. The molecule has 1 aromatic rings. The highest BCUT2D eigenvalue weighted by Crippen LogP contribution is 2.25. The van der Waals surface area contributed by atoms with Crippen molar-refractivity contribution >= 4 is 23.2 Å². The van der Waals surface area contributed by atoms with Gasteiger partial charge in [-0.05, 0) is 12.1 Å². The molecule has 1 amide bonds. The van der Waals surface area contributed by atoms with Crippen LogP contribution in [-0.2, 0) is 0 Å². The van der Waals surface area contributed by atoms with Gasteiger partial charge in [0.25, 0.3) is 5.91 Å². The van der Waals surface area contributed by atoms with Crippen LogP contribution in [0.5, 0.6) is 0 Å². The van der Waals surface area contributed by atoms with E-state index in [1.807, 2.05) is 0 Å². The minimum Gasteiger partial charge on any atom is -0.398 e. The molecule has 0 aromatic heterocycles. The largest absolute Gasteiger partial charge is 0.398 e. The van der Waals surface area contributed by atoms with Gasteiger partial charge in [-0.2, -0.15) is 0 Å². The van der Waals surface area contributed by atoms with Crippen molar-refractivity contribution in [2.24, 2.45) is 0 Å². The molecule has 0 bridgehead atoms. The number of rotatable bonds is 1. The Hall–Kier alpha value is -1.30. The summed E-state index contributed by atoms with van der Waals surface area (Å²) in [5, 5.41) is 19.0. The molecule has 0 aliphatic carbocycles. The average molecular weight is 257 g/mol. The van der Waals surface area contributed by atoms with Crippen molar-refractivity contribution in [3.8, 4) is 0 Å². The van der Waals surface area contributed by atoms with Crippen molar-refractivity contribution in [3.05, 3.63) is 28.8 Å². The van der Waals surface area contributed by atoms with E-state index < -0.39 is 12.2 Å². The maximum atomic E-state index is 12.1. The zero-order valence-electron chi connectivity index (χ0n) is 9.01. The normalized spacial score (nSPS) is 24.1. The maximum absolute atomic E-state index is 12.1. The van der Waals surface area contributed by atoms with Gasteiger partial charge in [0.15, 0.2) is 0 Å². The molecule has 92 valence electrons. The number of β-amino-alcohol motifs (C(OH)–C–C–N with tert-alkyl or cyclic N) is 2. The highest BCUT2D eigenvalue weighted by atomic mass is 35.5. The Morgan fingerprint density at radius 2 is 1.94 bits per heavy atom. The number of amides is 1. The fourth-order valence-electron chi connectivity index (χ4n) is 1.82. The lowest BCUT2D eigenvalue weighted by Gasteiger charge is -2.16. The number of benzene rings is 1. The summed E-state index contributed by atoms with van der Waals surface area (Å²) >= 11 is 5.94. The van der Waals surface area contributed by atoms with Gasteiger partial charge in [-0.25, -0.2) is 0 Å². The maximum Gasteiger partial charge on any atom is 0.255 e. The van der Waals surface area contributed by atoms with Crippen molar-refractivity contribution in [2.75, 3.05) is 18.8 Å². The molecule has 0 radical (unpaired) electrons. The molecule has 1 aliphatic rings. The Bertz CT molecular complexity index is 442. The summed E-state index contributed by atoms with van der Waals surface area (Å²) in [6.45, 7) is 0.205. The highest BCUT2D eigenvalue weighted by molar-refractivity contribution is 6.36. The van der Waals surface area contributed by atoms with Crippen LogP contribution in [0.15, 0.2) is 18.2 Å². The van der Waals surface area contributed by atoms with Crippen LogP contribution in [0.1, 0.15) is 10.4 Å². The SMILES string of the molecule is Nc1cccc(C(=O)N2CC(O)C(O)C2)c1Cl. The minimum atomic E-state index is -0.904. The third-order valence-electron chi connectivity index (χ3n) is 2.81. The van der Waals surface area contributed by atoms with Crippen molar-refractivity contribution in [2.45, 2.75) is 12.2 Å². The molecule has 2 atom stereocenters. The number of carbonyl (C=O) groups is 1. The van der Waals surface area contributed by atoms with Crippen molar-refractivity contribution in [1.82, 2.24) is 4.90 Å². The van der Waals surface area contributed by atoms with Gasteiger partial charge >= 0.3 is 0 Å². The Morgan fingerprint density at radius 1 is 1.35 bits per heavy atom. The Morgan fingerprint density at radius 3 is 2.53 bits per heavy atom. The molecule has 2 rings (SSSR count). The number of nitrogen functional groups attached to an aromatic ring is 1. The number of nitrogens with two attached hydrogens (primary N) is 1. The third kappa shape index (κ3) is 2.22. The summed E-state index contributed by atoms with van der Waals surface area (Å²) in [6, 6.07) is 4.81. The number of likely N-dealkylation sites (tertiary alicyclic amines) is 1. The molecule has 0 saturated carbocycles. The van der Waals surface area contributed by atoms with Gasteiger partial charge in [-0.1, -0.05) is 17.7 Å². The number of hydrogen-bond donors (Lipinski definition) is 3. The van der Waals surface area contributed by atoms with Gasteiger partial charge in [-0.15, -0.1) is 0 Å². The van der Waals surface area contributed by atoms with E-state index in [0.29, 0.717) is 5.69 Å². The lowest BCUT2D eigenvalue weighted by atomic mass is 10.2. The molecule has 1 aliphatic heterocycles. The van der Waals surface area contributed by atoms with Crippen LogP contribution < -0.4 is 5.73 Å². The standard InChI is InChI=1S/C11H13ClN2O3/c12-10-6(2-1-3-7(10)13)11(17)14-4-8(15)9(16)5-14/h1-3,8-9,15-16H,4-5,13H2. The predicted octanol–water partition coefficient (Wildman–Crippen LogP) is 0.0998. The Kier molecular flexibility index (Phi) is 3.24. The number of anilines is 1. The van der Waals surface area contributed by atoms with E-state index in [4.69, 9.17) is 17.3 Å². The lowest BCUT2D eigenvalue weighted by molar-refractivity contribution is 0.0572. The van der Waals surface area contributed by atoms with Gasteiger partial charge in [0, 0.05) is 13.1 Å². The fraction of sp³-hybridized carbons (Fsp3) is 0.364. The summed E-state index contributed by atoms with van der Waals surface area (Å²) in [5.41, 5.74) is 6.23. The molecule has 0 spiro atoms. The summed E-state index contributed by atoms with van der Waals surface area (Å²) < 4.78 is 0. The van der Waals surface area contributed by atoms with E-state index in [9.17, 15) is 15.0 Å². The van der Waals surface area contributed by atoms with Crippen LogP contribution >= 0.6 is 11.6 Å². The lowest BCUT2D eigenvalue weighted by Crippen LogP contribution is -2.30. The second kappa shape index (κ2) is 4.52. The molecular weight excluding hydrogens is 244 g/mol. The summed E-state index contributed by atoms with van der Waals surface area (Å²) in [5.74, 6) is -0.335. The van der Waals surface area contributed by atoms with E-state index >= 15 is 0 Å². The molecule has 1 aromatic carbocycles. The second-order valence-corrected chi connectivity index (χ2v) is 4.43. The first-order chi connectivity index (χ1) is 8.00. The Labute approximate surface area is 103 Å². The van der Waals surface area contributed by atoms with E-state index in [1.165, 1.54) is 4.90 Å². The van der Waals surface area contributed by atoms with Gasteiger partial charge in [0.1, 0.15) is 0 Å². The van der Waals surface area contributed by atoms with Gasteiger partial charge in [-0.3, -0.25) is 4.79 Å². The van der Waals surface area contributed by atoms with E-state index in [1.54, 1.807) is 18.2 Å². The van der Waals surface area contributed by atoms with Crippen molar-refractivity contribution in [1.29, 1.82) is 0 Å². The zero-order chi connectivity index (χ0) is 12.6. The third-order valence-corrected chi connectivity index (χ3v) is 3.23. The molecule has 4 N–H and O–H groups in total. The molecule has 1 heterocycles. The number of halogens is 1. The summed E-state index contributed by atoms with van der Waals surface area (Å²) in [4.78, 5) is 13.4. The van der Waals surface area contributed by atoms with Crippen LogP contribution in [-0.4, -0.2) is 46.3 Å². The monoisotopic (exact) mass is 256 g/mol. The molecule has 1 saturated heterocycles. The van der Waals surface area contributed by atoms with Crippen molar-refractivity contribution in [3.63, 3.8) is 0 Å². The van der Waals surface area contributed by atoms with Crippen LogP contribution in [0.4, 0.5) is 5.69 Å². The number of nitrogens with zero attached hydrogens (tertiary/aromatic N) is 1. The smallest absolute Gasteiger partial charge is 0.255 e. The molecule has 2 unspecified atom stereocenters. The molecule has 5 nitrogen and oxygen atoms in total. The van der Waals surface area contributed by atoms with E-state index in [2.05, 4.69) is 0 Å². The van der Waals surface area contributed by atoms with Gasteiger partial charge in [0.05, 0.1) is 28.5 Å². The van der Waals surface area contributed by atoms with Crippen LogP contribution in [0.2, 0.25) is 5.02 Å². The Balaban J connectivity index is 2.24. The first-order valence-electron chi connectivity index (χ1n) is 5.20. The zero-order valence-corrected chi connectivity index (χ0v) is 9.76. The molecule has 17 heavy (non-hydrogen) atoms. The molecular formula is C11H13ClN2O3. The highest BCUT2D eigenvalue weighted by Gasteiger charge is 2.33. The van der Waals surface area contributed by atoms with Gasteiger partial charge < -0.3 is 20.8 Å². The average Bonchev–Trinajstić information content (AvgIpc) is 2.62. The first-order valence-corrected chi connectivity index (χ1v) is 5.58.